The minimum Gasteiger partial charge on any atom is -0.364 e. The maximum atomic E-state index is 12.5. The monoisotopic (exact) mass is 311 g/mol. The minimum atomic E-state index is -0.322. The van der Waals surface area contributed by atoms with E-state index in [1.165, 1.54) is 0 Å². The Labute approximate surface area is 132 Å². The zero-order valence-corrected chi connectivity index (χ0v) is 13.7. The topological polar surface area (TPSA) is 84.7 Å². The molecule has 0 aromatic carbocycles. The van der Waals surface area contributed by atoms with Crippen molar-refractivity contribution in [3.63, 3.8) is 0 Å². The van der Waals surface area contributed by atoms with Crippen LogP contribution in [0.15, 0.2) is 0 Å². The molecule has 2 heterocycles. The van der Waals surface area contributed by atoms with Crippen molar-refractivity contribution >= 4 is 11.8 Å². The second-order valence-corrected chi connectivity index (χ2v) is 6.75. The van der Waals surface area contributed by atoms with Crippen LogP contribution in [0, 0.1) is 11.8 Å². The molecule has 126 valence electrons. The van der Waals surface area contributed by atoms with Crippen molar-refractivity contribution in [2.75, 3.05) is 26.2 Å². The molecular weight excluding hydrogens is 282 g/mol. The lowest BCUT2D eigenvalue weighted by atomic mass is 9.97. The zero-order chi connectivity index (χ0) is 16.1. The van der Waals surface area contributed by atoms with Crippen molar-refractivity contribution in [2.45, 2.75) is 51.7 Å². The van der Waals surface area contributed by atoms with Gasteiger partial charge in [0.1, 0.15) is 6.10 Å². The van der Waals surface area contributed by atoms with Crippen LogP contribution in [0.4, 0.5) is 0 Å². The number of nitrogens with one attached hydrogen (secondary N) is 1. The molecule has 2 fully saturated rings. The van der Waals surface area contributed by atoms with E-state index in [-0.39, 0.29) is 29.9 Å². The average Bonchev–Trinajstić information content (AvgIpc) is 3.01. The van der Waals surface area contributed by atoms with Gasteiger partial charge in [-0.05, 0) is 31.6 Å². The summed E-state index contributed by atoms with van der Waals surface area (Å²) in [5.74, 6) is 0.512. The van der Waals surface area contributed by atoms with Gasteiger partial charge in [-0.1, -0.05) is 13.8 Å². The molecule has 0 radical (unpaired) electrons. The Hall–Kier alpha value is -1.14. The zero-order valence-electron chi connectivity index (χ0n) is 13.7. The van der Waals surface area contributed by atoms with Gasteiger partial charge in [0.2, 0.25) is 5.91 Å². The van der Waals surface area contributed by atoms with Crippen molar-refractivity contribution in [1.82, 2.24) is 10.2 Å². The number of hydrogen-bond donors (Lipinski definition) is 2. The van der Waals surface area contributed by atoms with Crippen LogP contribution in [0.2, 0.25) is 0 Å². The number of nitrogens with two attached hydrogens (primary N) is 1. The van der Waals surface area contributed by atoms with E-state index in [1.54, 1.807) is 0 Å². The number of likely N-dealkylation sites (tertiary alicyclic amines) is 1. The third kappa shape index (κ3) is 4.43. The molecule has 2 aliphatic rings. The van der Waals surface area contributed by atoms with Crippen molar-refractivity contribution in [2.24, 2.45) is 17.6 Å². The highest BCUT2D eigenvalue weighted by atomic mass is 16.5. The Balaban J connectivity index is 1.80. The molecule has 6 nitrogen and oxygen atoms in total. The van der Waals surface area contributed by atoms with E-state index in [2.05, 4.69) is 5.32 Å². The molecule has 0 saturated carbocycles. The quantitative estimate of drug-likeness (QED) is 0.774. The molecule has 3 N–H and O–H groups in total. The highest BCUT2D eigenvalue weighted by Gasteiger charge is 2.34. The van der Waals surface area contributed by atoms with Crippen LogP contribution in [-0.2, 0) is 14.3 Å². The number of piperidine rings is 1. The van der Waals surface area contributed by atoms with Gasteiger partial charge in [0.15, 0.2) is 0 Å². The summed E-state index contributed by atoms with van der Waals surface area (Å²) in [6.45, 7) is 6.41. The fourth-order valence-corrected chi connectivity index (χ4v) is 3.15. The first-order chi connectivity index (χ1) is 10.5. The highest BCUT2D eigenvalue weighted by molar-refractivity contribution is 5.81. The predicted molar refractivity (Wildman–Crippen MR) is 84.1 cm³/mol. The van der Waals surface area contributed by atoms with Crippen LogP contribution in [0.25, 0.3) is 0 Å². The summed E-state index contributed by atoms with van der Waals surface area (Å²) >= 11 is 0. The molecule has 6 heteroatoms. The molecule has 2 amide bonds. The van der Waals surface area contributed by atoms with Gasteiger partial charge in [0.25, 0.3) is 5.91 Å². The lowest BCUT2D eigenvalue weighted by molar-refractivity contribution is -0.144. The maximum absolute atomic E-state index is 12.5. The summed E-state index contributed by atoms with van der Waals surface area (Å²) in [6, 6.07) is 0. The third-order valence-corrected chi connectivity index (χ3v) is 4.57. The van der Waals surface area contributed by atoms with E-state index in [0.717, 1.165) is 32.2 Å². The Bertz CT molecular complexity index is 400. The molecule has 22 heavy (non-hydrogen) atoms. The summed E-state index contributed by atoms with van der Waals surface area (Å²) in [7, 11) is 0. The van der Waals surface area contributed by atoms with Crippen molar-refractivity contribution in [3.05, 3.63) is 0 Å². The van der Waals surface area contributed by atoms with E-state index >= 15 is 0 Å². The first kappa shape index (κ1) is 17.2. The van der Waals surface area contributed by atoms with E-state index in [4.69, 9.17) is 10.5 Å². The van der Waals surface area contributed by atoms with Crippen LogP contribution in [0.3, 0.4) is 0 Å². The first-order valence-electron chi connectivity index (χ1n) is 8.43. The summed E-state index contributed by atoms with van der Waals surface area (Å²) in [5.41, 5.74) is 5.60. The van der Waals surface area contributed by atoms with Crippen molar-refractivity contribution in [3.8, 4) is 0 Å². The van der Waals surface area contributed by atoms with Gasteiger partial charge in [-0.3, -0.25) is 9.59 Å². The van der Waals surface area contributed by atoms with Crippen molar-refractivity contribution in [1.29, 1.82) is 0 Å². The normalized spacial score (nSPS) is 28.9. The lowest BCUT2D eigenvalue weighted by Crippen LogP contribution is -2.47. The van der Waals surface area contributed by atoms with E-state index in [0.29, 0.717) is 25.6 Å². The number of carbonyl (C=O) groups is 2. The third-order valence-electron chi connectivity index (χ3n) is 4.57. The summed E-state index contributed by atoms with van der Waals surface area (Å²) in [4.78, 5) is 26.1. The Morgan fingerprint density at radius 1 is 1.32 bits per heavy atom. The Morgan fingerprint density at radius 2 is 2.09 bits per heavy atom. The van der Waals surface area contributed by atoms with E-state index in [9.17, 15) is 9.59 Å². The van der Waals surface area contributed by atoms with Crippen molar-refractivity contribution < 1.29 is 14.3 Å². The van der Waals surface area contributed by atoms with Crippen LogP contribution in [0.5, 0.6) is 0 Å². The van der Waals surface area contributed by atoms with Gasteiger partial charge in [-0.15, -0.1) is 0 Å². The molecular formula is C16H29N3O3. The van der Waals surface area contributed by atoms with Gasteiger partial charge < -0.3 is 20.7 Å². The fourth-order valence-electron chi connectivity index (χ4n) is 3.15. The molecule has 0 aromatic heterocycles. The van der Waals surface area contributed by atoms with Crippen LogP contribution in [-0.4, -0.2) is 55.1 Å². The fraction of sp³-hybridized carbons (Fsp3) is 0.875. The summed E-state index contributed by atoms with van der Waals surface area (Å²) < 4.78 is 5.70. The lowest BCUT2D eigenvalue weighted by Gasteiger charge is -2.34. The SMILES string of the molecule is CC(C)C(=O)NCC1CCCN(C(=O)[C@@H]2CC[C@H](CN)O2)C1. The number of ether oxygens (including phenoxy) is 1. The van der Waals surface area contributed by atoms with Crippen LogP contribution < -0.4 is 11.1 Å². The molecule has 0 aromatic rings. The van der Waals surface area contributed by atoms with Crippen LogP contribution >= 0.6 is 0 Å². The summed E-state index contributed by atoms with van der Waals surface area (Å²) in [6.07, 6.45) is 3.39. The standard InChI is InChI=1S/C16H29N3O3/c1-11(2)15(20)18-9-12-4-3-7-19(10-12)16(21)14-6-5-13(8-17)22-14/h11-14H,3-10,17H2,1-2H3,(H,18,20)/t12?,13-,14+/m1/s1. The van der Waals surface area contributed by atoms with Gasteiger partial charge in [0.05, 0.1) is 6.10 Å². The number of nitrogens with zero attached hydrogens (tertiary/aromatic N) is 1. The second-order valence-electron chi connectivity index (χ2n) is 6.75. The largest absolute Gasteiger partial charge is 0.364 e. The number of carbonyl (C=O) groups excluding carboxylic acids is 2. The maximum Gasteiger partial charge on any atom is 0.251 e. The minimum absolute atomic E-state index is 0.00131. The predicted octanol–water partition coefficient (Wildman–Crippen LogP) is 0.504. The number of amides is 2. The van der Waals surface area contributed by atoms with Gasteiger partial charge in [-0.2, -0.15) is 0 Å². The van der Waals surface area contributed by atoms with Gasteiger partial charge in [0, 0.05) is 32.1 Å². The Kier molecular flexibility index (Phi) is 6.20. The average molecular weight is 311 g/mol. The molecule has 2 saturated heterocycles. The smallest absolute Gasteiger partial charge is 0.251 e. The van der Waals surface area contributed by atoms with E-state index < -0.39 is 0 Å². The first-order valence-corrected chi connectivity index (χ1v) is 8.43. The Morgan fingerprint density at radius 3 is 2.73 bits per heavy atom. The molecule has 0 spiro atoms. The second kappa shape index (κ2) is 7.92. The molecule has 0 aliphatic carbocycles. The van der Waals surface area contributed by atoms with Crippen LogP contribution in [0.1, 0.15) is 39.5 Å². The summed E-state index contributed by atoms with van der Waals surface area (Å²) in [5, 5.41) is 2.97. The van der Waals surface area contributed by atoms with Gasteiger partial charge in [-0.25, -0.2) is 0 Å². The molecule has 1 unspecified atom stereocenters. The number of hydrogen-bond acceptors (Lipinski definition) is 4. The molecule has 2 rings (SSSR count). The van der Waals surface area contributed by atoms with E-state index in [1.807, 2.05) is 18.7 Å². The molecule has 3 atom stereocenters. The van der Waals surface area contributed by atoms with Gasteiger partial charge >= 0.3 is 0 Å². The number of rotatable bonds is 5. The molecule has 0 bridgehead atoms. The highest BCUT2D eigenvalue weighted by Crippen LogP contribution is 2.23. The molecule has 2 aliphatic heterocycles.